The monoisotopic (exact) mass is 440 g/mol. The standard InChI is InChI=1S/C14H12F3N2O7PS/c15-14(16,17)10-1-7-13(8-2-10)28(24,25)18-9-27(22,23)26-12-5-3-11(4-6-12)19(20)21/h1-8,18H,9H2,(H,22,23). The Bertz CT molecular complexity index is 1010. The summed E-state index contributed by atoms with van der Waals surface area (Å²) in [5, 5.41) is 10.5. The SMILES string of the molecule is O=[N+]([O-])c1ccc(OP(=O)(O)CNS(=O)(=O)c2ccc(C(F)(F)F)cc2)cc1. The second-order valence-electron chi connectivity index (χ2n) is 5.31. The third-order valence-corrected chi connectivity index (χ3v) is 5.93. The predicted octanol–water partition coefficient (Wildman–Crippen LogP) is 3.11. The van der Waals surface area contributed by atoms with Crippen molar-refractivity contribution in [2.45, 2.75) is 11.1 Å². The van der Waals surface area contributed by atoms with E-state index < -0.39 is 45.5 Å². The molecule has 0 saturated carbocycles. The van der Waals surface area contributed by atoms with E-state index in [9.17, 15) is 41.2 Å². The highest BCUT2D eigenvalue weighted by Crippen LogP contribution is 2.42. The smallest absolute Gasteiger partial charge is 0.416 e. The van der Waals surface area contributed by atoms with Gasteiger partial charge in [0.2, 0.25) is 10.0 Å². The van der Waals surface area contributed by atoms with Crippen LogP contribution < -0.4 is 9.25 Å². The summed E-state index contributed by atoms with van der Waals surface area (Å²) in [5.41, 5.74) is -1.34. The number of hydrogen-bond donors (Lipinski definition) is 2. The van der Waals surface area contributed by atoms with Crippen LogP contribution in [0.4, 0.5) is 18.9 Å². The molecule has 0 aromatic heterocycles. The lowest BCUT2D eigenvalue weighted by molar-refractivity contribution is -0.384. The number of nitrogens with one attached hydrogen (secondary N) is 1. The van der Waals surface area contributed by atoms with Crippen molar-refractivity contribution in [3.05, 3.63) is 64.2 Å². The number of rotatable bonds is 7. The zero-order valence-electron chi connectivity index (χ0n) is 13.7. The third-order valence-electron chi connectivity index (χ3n) is 3.24. The first-order chi connectivity index (χ1) is 12.8. The number of alkyl halides is 3. The van der Waals surface area contributed by atoms with Gasteiger partial charge in [0.1, 0.15) is 12.0 Å². The summed E-state index contributed by atoms with van der Waals surface area (Å²) in [6, 6.07) is 6.64. The molecule has 0 bridgehead atoms. The number of nitro benzene ring substituents is 1. The molecule has 9 nitrogen and oxygen atoms in total. The fourth-order valence-electron chi connectivity index (χ4n) is 1.90. The van der Waals surface area contributed by atoms with E-state index in [2.05, 4.69) is 0 Å². The van der Waals surface area contributed by atoms with Crippen molar-refractivity contribution in [1.29, 1.82) is 0 Å². The molecule has 1 unspecified atom stereocenters. The number of halogens is 3. The normalized spacial score (nSPS) is 14.3. The van der Waals surface area contributed by atoms with Crippen LogP contribution in [-0.4, -0.2) is 24.5 Å². The zero-order chi connectivity index (χ0) is 21.2. The predicted molar refractivity (Wildman–Crippen MR) is 90.2 cm³/mol. The van der Waals surface area contributed by atoms with Crippen LogP contribution in [0.2, 0.25) is 0 Å². The number of sulfonamides is 1. The van der Waals surface area contributed by atoms with Gasteiger partial charge < -0.3 is 9.42 Å². The summed E-state index contributed by atoms with van der Waals surface area (Å²) in [7, 11) is -8.93. The van der Waals surface area contributed by atoms with Gasteiger partial charge in [-0.2, -0.15) is 17.9 Å². The fourth-order valence-corrected chi connectivity index (χ4v) is 4.41. The fraction of sp³-hybridized carbons (Fsp3) is 0.143. The molecule has 2 rings (SSSR count). The molecule has 14 heteroatoms. The van der Waals surface area contributed by atoms with Crippen molar-refractivity contribution < 1.29 is 40.5 Å². The van der Waals surface area contributed by atoms with Crippen LogP contribution in [0.3, 0.4) is 0 Å². The molecule has 0 radical (unpaired) electrons. The number of hydrogen-bond acceptors (Lipinski definition) is 6. The summed E-state index contributed by atoms with van der Waals surface area (Å²) in [6.45, 7) is 0. The second kappa shape index (κ2) is 7.87. The molecule has 0 aliphatic carbocycles. The van der Waals surface area contributed by atoms with E-state index in [1.54, 1.807) is 4.72 Å². The molecule has 1 atom stereocenters. The number of nitro groups is 1. The van der Waals surface area contributed by atoms with Crippen LogP contribution in [0, 0.1) is 10.1 Å². The Morgan fingerprint density at radius 1 is 1.11 bits per heavy atom. The van der Waals surface area contributed by atoms with Gasteiger partial charge in [0.25, 0.3) is 5.69 Å². The molecule has 0 amide bonds. The molecule has 2 N–H and O–H groups in total. The van der Waals surface area contributed by atoms with Gasteiger partial charge in [-0.05, 0) is 36.4 Å². The number of non-ortho nitro benzene ring substituents is 1. The van der Waals surface area contributed by atoms with Gasteiger partial charge >= 0.3 is 13.8 Å². The highest BCUT2D eigenvalue weighted by molar-refractivity contribution is 7.89. The van der Waals surface area contributed by atoms with Crippen LogP contribution in [0.1, 0.15) is 5.56 Å². The van der Waals surface area contributed by atoms with Gasteiger partial charge in [0, 0.05) is 12.1 Å². The van der Waals surface area contributed by atoms with E-state index in [-0.39, 0.29) is 11.4 Å². The molecule has 2 aromatic carbocycles. The van der Waals surface area contributed by atoms with E-state index in [4.69, 9.17) is 4.52 Å². The topological polar surface area (TPSA) is 136 Å². The highest BCUT2D eigenvalue weighted by atomic mass is 32.2. The summed E-state index contributed by atoms with van der Waals surface area (Å²) in [5.74, 6) is -0.217. The first kappa shape index (κ1) is 21.8. The Kier molecular flexibility index (Phi) is 6.14. The van der Waals surface area contributed by atoms with E-state index in [0.29, 0.717) is 24.3 Å². The summed E-state index contributed by atoms with van der Waals surface area (Å²) in [6.07, 6.45) is -5.72. The molecule has 0 fully saturated rings. The van der Waals surface area contributed by atoms with Crippen LogP contribution >= 0.6 is 7.60 Å². The first-order valence-corrected chi connectivity index (χ1v) is 10.5. The van der Waals surface area contributed by atoms with Gasteiger partial charge in [-0.1, -0.05) is 0 Å². The maximum atomic E-state index is 12.5. The zero-order valence-corrected chi connectivity index (χ0v) is 15.4. The summed E-state index contributed by atoms with van der Waals surface area (Å²) in [4.78, 5) is 19.0. The van der Waals surface area contributed by atoms with Crippen LogP contribution in [0.5, 0.6) is 5.75 Å². The minimum absolute atomic E-state index is 0.217. The maximum Gasteiger partial charge on any atom is 0.416 e. The maximum absolute atomic E-state index is 12.5. The summed E-state index contributed by atoms with van der Waals surface area (Å²) >= 11 is 0. The van der Waals surface area contributed by atoms with Crippen LogP contribution in [0.25, 0.3) is 0 Å². The van der Waals surface area contributed by atoms with Crippen molar-refractivity contribution in [3.8, 4) is 5.75 Å². The van der Waals surface area contributed by atoms with E-state index >= 15 is 0 Å². The quantitative estimate of drug-likeness (QED) is 0.384. The Hall–Kier alpha value is -2.47. The van der Waals surface area contributed by atoms with Gasteiger partial charge in [-0.3, -0.25) is 10.1 Å². The molecule has 2 aromatic rings. The molecule has 0 aliphatic rings. The molecule has 0 saturated heterocycles. The molecule has 0 heterocycles. The van der Waals surface area contributed by atoms with Crippen molar-refractivity contribution in [1.82, 2.24) is 4.72 Å². The van der Waals surface area contributed by atoms with Crippen molar-refractivity contribution in [2.24, 2.45) is 0 Å². The first-order valence-electron chi connectivity index (χ1n) is 7.23. The van der Waals surface area contributed by atoms with Crippen LogP contribution in [0.15, 0.2) is 53.4 Å². The Morgan fingerprint density at radius 2 is 1.64 bits per heavy atom. The summed E-state index contributed by atoms with van der Waals surface area (Å²) < 4.78 is 80.1. The Labute approximate surface area is 156 Å². The van der Waals surface area contributed by atoms with Crippen molar-refractivity contribution in [3.63, 3.8) is 0 Å². The van der Waals surface area contributed by atoms with Gasteiger partial charge in [0.15, 0.2) is 0 Å². The van der Waals surface area contributed by atoms with Gasteiger partial charge in [-0.25, -0.2) is 13.0 Å². The van der Waals surface area contributed by atoms with E-state index in [0.717, 1.165) is 24.3 Å². The van der Waals surface area contributed by atoms with Crippen molar-refractivity contribution >= 4 is 23.3 Å². The van der Waals surface area contributed by atoms with Gasteiger partial charge in [0.05, 0.1) is 15.4 Å². The Morgan fingerprint density at radius 3 is 2.11 bits per heavy atom. The molecule has 152 valence electrons. The molecular formula is C14H12F3N2O7PS. The third kappa shape index (κ3) is 5.76. The molecule has 28 heavy (non-hydrogen) atoms. The lowest BCUT2D eigenvalue weighted by Crippen LogP contribution is -2.26. The van der Waals surface area contributed by atoms with E-state index in [1.165, 1.54) is 0 Å². The molecular weight excluding hydrogens is 428 g/mol. The Balaban J connectivity index is 2.06. The second-order valence-corrected chi connectivity index (χ2v) is 8.85. The van der Waals surface area contributed by atoms with E-state index in [1.807, 2.05) is 0 Å². The largest absolute Gasteiger partial charge is 0.424 e. The average Bonchev–Trinajstić information content (AvgIpc) is 2.60. The lowest BCUT2D eigenvalue weighted by atomic mass is 10.2. The minimum atomic E-state index is -4.64. The number of nitrogens with zero attached hydrogens (tertiary/aromatic N) is 1. The molecule has 0 spiro atoms. The lowest BCUT2D eigenvalue weighted by Gasteiger charge is -2.14. The number of benzene rings is 2. The molecule has 0 aliphatic heterocycles. The van der Waals surface area contributed by atoms with Crippen LogP contribution in [-0.2, 0) is 20.8 Å². The highest BCUT2D eigenvalue weighted by Gasteiger charge is 2.31. The van der Waals surface area contributed by atoms with Crippen molar-refractivity contribution in [2.75, 3.05) is 6.29 Å². The van der Waals surface area contributed by atoms with Gasteiger partial charge in [-0.15, -0.1) is 0 Å². The average molecular weight is 440 g/mol. The minimum Gasteiger partial charge on any atom is -0.424 e.